The number of nitrogens with zero attached hydrogens (tertiary/aromatic N) is 1. The molecule has 0 bridgehead atoms. The highest BCUT2D eigenvalue weighted by molar-refractivity contribution is 5.96. The molecule has 28 heavy (non-hydrogen) atoms. The SMILES string of the molecule is CCCCCCNC(=O)N/C(=C/C(N)=O)c1nc(CCc2ccccc2)co1. The molecule has 0 aliphatic heterocycles. The minimum atomic E-state index is -0.692. The Morgan fingerprint density at radius 3 is 2.64 bits per heavy atom. The van der Waals surface area contributed by atoms with Crippen LogP contribution in [-0.2, 0) is 17.6 Å². The van der Waals surface area contributed by atoms with E-state index in [9.17, 15) is 9.59 Å². The number of benzene rings is 1. The van der Waals surface area contributed by atoms with Crippen molar-refractivity contribution in [2.45, 2.75) is 45.4 Å². The lowest BCUT2D eigenvalue weighted by Crippen LogP contribution is -2.35. The van der Waals surface area contributed by atoms with E-state index < -0.39 is 11.9 Å². The molecule has 7 heteroatoms. The quantitative estimate of drug-likeness (QED) is 0.408. The molecule has 7 nitrogen and oxygen atoms in total. The lowest BCUT2D eigenvalue weighted by molar-refractivity contribution is -0.113. The van der Waals surface area contributed by atoms with Crippen molar-refractivity contribution in [2.75, 3.05) is 6.54 Å². The van der Waals surface area contributed by atoms with Crippen LogP contribution in [0.15, 0.2) is 47.1 Å². The second kappa shape index (κ2) is 11.6. The minimum absolute atomic E-state index is 0.143. The number of urea groups is 1. The van der Waals surface area contributed by atoms with E-state index in [0.29, 0.717) is 13.0 Å². The molecule has 0 saturated heterocycles. The average molecular weight is 384 g/mol. The number of hydrogen-bond acceptors (Lipinski definition) is 4. The maximum absolute atomic E-state index is 12.1. The predicted octanol–water partition coefficient (Wildman–Crippen LogP) is 3.17. The molecule has 1 aromatic carbocycles. The molecule has 0 saturated carbocycles. The molecule has 150 valence electrons. The average Bonchev–Trinajstić information content (AvgIpc) is 3.15. The monoisotopic (exact) mass is 384 g/mol. The number of nitrogens with one attached hydrogen (secondary N) is 2. The molecule has 0 aliphatic carbocycles. The fraction of sp³-hybridized carbons (Fsp3) is 0.381. The Labute approximate surface area is 165 Å². The highest BCUT2D eigenvalue weighted by Gasteiger charge is 2.14. The Morgan fingerprint density at radius 2 is 1.93 bits per heavy atom. The summed E-state index contributed by atoms with van der Waals surface area (Å²) in [7, 11) is 0. The fourth-order valence-electron chi connectivity index (χ4n) is 2.68. The van der Waals surface area contributed by atoms with Crippen LogP contribution in [0.2, 0.25) is 0 Å². The van der Waals surface area contributed by atoms with Crippen molar-refractivity contribution in [1.82, 2.24) is 15.6 Å². The number of carbonyl (C=O) groups excluding carboxylic acids is 2. The molecule has 0 unspecified atom stereocenters. The second-order valence-electron chi connectivity index (χ2n) is 6.53. The first kappa shape index (κ1) is 21.2. The molecular weight excluding hydrogens is 356 g/mol. The van der Waals surface area contributed by atoms with Gasteiger partial charge in [0.15, 0.2) is 0 Å². The Balaban J connectivity index is 1.93. The zero-order valence-corrected chi connectivity index (χ0v) is 16.2. The summed E-state index contributed by atoms with van der Waals surface area (Å²) in [5.41, 5.74) is 7.32. The lowest BCUT2D eigenvalue weighted by Gasteiger charge is -2.08. The van der Waals surface area contributed by atoms with Gasteiger partial charge in [-0.25, -0.2) is 9.78 Å². The van der Waals surface area contributed by atoms with Crippen molar-refractivity contribution in [1.29, 1.82) is 0 Å². The highest BCUT2D eigenvalue weighted by Crippen LogP contribution is 2.13. The summed E-state index contributed by atoms with van der Waals surface area (Å²) in [4.78, 5) is 27.8. The van der Waals surface area contributed by atoms with Crippen LogP contribution >= 0.6 is 0 Å². The third-order valence-corrected chi connectivity index (χ3v) is 4.15. The van der Waals surface area contributed by atoms with Crippen molar-refractivity contribution in [3.8, 4) is 0 Å². The van der Waals surface area contributed by atoms with E-state index in [1.54, 1.807) is 0 Å². The van der Waals surface area contributed by atoms with Crippen molar-refractivity contribution >= 4 is 17.6 Å². The summed E-state index contributed by atoms with van der Waals surface area (Å²) in [5.74, 6) is -0.537. The number of aryl methyl sites for hydroxylation is 2. The van der Waals surface area contributed by atoms with E-state index in [1.807, 2.05) is 30.3 Å². The number of primary amides is 1. The van der Waals surface area contributed by atoms with E-state index in [2.05, 4.69) is 22.5 Å². The zero-order chi connectivity index (χ0) is 20.2. The molecule has 2 aromatic rings. The predicted molar refractivity (Wildman–Crippen MR) is 108 cm³/mol. The third-order valence-electron chi connectivity index (χ3n) is 4.15. The van der Waals surface area contributed by atoms with Gasteiger partial charge in [0, 0.05) is 12.6 Å². The summed E-state index contributed by atoms with van der Waals surface area (Å²) in [6.45, 7) is 2.69. The molecule has 0 fully saturated rings. The number of hydrogen-bond donors (Lipinski definition) is 3. The lowest BCUT2D eigenvalue weighted by atomic mass is 10.1. The fourth-order valence-corrected chi connectivity index (χ4v) is 2.68. The van der Waals surface area contributed by atoms with Gasteiger partial charge in [0.25, 0.3) is 0 Å². The molecule has 2 rings (SSSR count). The first-order chi connectivity index (χ1) is 13.6. The highest BCUT2D eigenvalue weighted by atomic mass is 16.3. The van der Waals surface area contributed by atoms with E-state index >= 15 is 0 Å². The van der Waals surface area contributed by atoms with Crippen LogP contribution in [0.3, 0.4) is 0 Å². The molecule has 0 spiro atoms. The summed E-state index contributed by atoms with van der Waals surface area (Å²) in [5, 5.41) is 5.35. The van der Waals surface area contributed by atoms with Crippen LogP contribution in [0.4, 0.5) is 4.79 Å². The van der Waals surface area contributed by atoms with E-state index in [1.165, 1.54) is 11.8 Å². The first-order valence-electron chi connectivity index (χ1n) is 9.63. The Hall–Kier alpha value is -3.09. The van der Waals surface area contributed by atoms with E-state index in [4.69, 9.17) is 10.2 Å². The number of unbranched alkanes of at least 4 members (excludes halogenated alkanes) is 3. The first-order valence-corrected chi connectivity index (χ1v) is 9.63. The van der Waals surface area contributed by atoms with Crippen LogP contribution in [0, 0.1) is 0 Å². The van der Waals surface area contributed by atoms with Gasteiger partial charge in [0.05, 0.1) is 5.69 Å². The second-order valence-corrected chi connectivity index (χ2v) is 6.53. The van der Waals surface area contributed by atoms with Gasteiger partial charge in [-0.2, -0.15) is 0 Å². The van der Waals surface area contributed by atoms with Gasteiger partial charge in [-0.1, -0.05) is 56.5 Å². The van der Waals surface area contributed by atoms with Crippen molar-refractivity contribution < 1.29 is 14.0 Å². The summed E-state index contributed by atoms with van der Waals surface area (Å²) < 4.78 is 5.44. The minimum Gasteiger partial charge on any atom is -0.443 e. The summed E-state index contributed by atoms with van der Waals surface area (Å²) in [6, 6.07) is 9.62. The van der Waals surface area contributed by atoms with Gasteiger partial charge >= 0.3 is 6.03 Å². The number of amides is 3. The topological polar surface area (TPSA) is 110 Å². The van der Waals surface area contributed by atoms with Crippen LogP contribution in [0.25, 0.3) is 5.70 Å². The van der Waals surface area contributed by atoms with Crippen molar-refractivity contribution in [3.63, 3.8) is 0 Å². The van der Waals surface area contributed by atoms with Crippen LogP contribution in [0.1, 0.15) is 49.8 Å². The van der Waals surface area contributed by atoms with E-state index in [-0.39, 0.29) is 11.6 Å². The maximum atomic E-state index is 12.1. The van der Waals surface area contributed by atoms with Gasteiger partial charge in [0.2, 0.25) is 11.8 Å². The number of aromatic nitrogens is 1. The van der Waals surface area contributed by atoms with Crippen molar-refractivity contribution in [3.05, 3.63) is 59.8 Å². The number of rotatable bonds is 11. The van der Waals surface area contributed by atoms with Crippen LogP contribution in [-0.4, -0.2) is 23.5 Å². The molecule has 0 radical (unpaired) electrons. The molecule has 1 aromatic heterocycles. The molecule has 3 amide bonds. The summed E-state index contributed by atoms with van der Waals surface area (Å²) >= 11 is 0. The van der Waals surface area contributed by atoms with Gasteiger partial charge < -0.3 is 20.8 Å². The number of oxazole rings is 1. The smallest absolute Gasteiger partial charge is 0.319 e. The largest absolute Gasteiger partial charge is 0.443 e. The van der Waals surface area contributed by atoms with E-state index in [0.717, 1.165) is 43.9 Å². The van der Waals surface area contributed by atoms with Gasteiger partial charge in [-0.15, -0.1) is 0 Å². The molecule has 0 atom stereocenters. The Morgan fingerprint density at radius 1 is 1.14 bits per heavy atom. The molecule has 4 N–H and O–H groups in total. The Kier molecular flexibility index (Phi) is 8.78. The van der Waals surface area contributed by atoms with Gasteiger partial charge in [-0.3, -0.25) is 4.79 Å². The number of carbonyl (C=O) groups is 2. The van der Waals surface area contributed by atoms with Crippen LogP contribution in [0.5, 0.6) is 0 Å². The molecule has 1 heterocycles. The van der Waals surface area contributed by atoms with Gasteiger partial charge in [-0.05, 0) is 24.8 Å². The zero-order valence-electron chi connectivity index (χ0n) is 16.2. The van der Waals surface area contributed by atoms with Crippen LogP contribution < -0.4 is 16.4 Å². The number of nitrogens with two attached hydrogens (primary N) is 1. The third kappa shape index (κ3) is 7.65. The van der Waals surface area contributed by atoms with Gasteiger partial charge in [0.1, 0.15) is 12.0 Å². The Bertz CT molecular complexity index is 784. The normalized spacial score (nSPS) is 11.2. The molecule has 0 aliphatic rings. The standard InChI is InChI=1S/C21H28N4O3/c1-2-3-4-8-13-23-21(27)25-18(14-19(22)26)20-24-17(15-28-20)12-11-16-9-6-5-7-10-16/h5-7,9-10,14-15H,2-4,8,11-13H2,1H3,(H2,22,26)(H2,23,25,27)/b18-14+. The maximum Gasteiger partial charge on any atom is 0.319 e. The molecular formula is C21H28N4O3. The van der Waals surface area contributed by atoms with Crippen molar-refractivity contribution in [2.24, 2.45) is 5.73 Å². The summed E-state index contributed by atoms with van der Waals surface area (Å²) in [6.07, 6.45) is 8.35.